The van der Waals surface area contributed by atoms with Crippen molar-refractivity contribution in [2.45, 2.75) is 69.7 Å². The third kappa shape index (κ3) is 4.92. The number of halogens is 1. The largest absolute Gasteiger partial charge is 0.490 e. The predicted molar refractivity (Wildman–Crippen MR) is 107 cm³/mol. The number of nitrogens with one attached hydrogen (secondary N) is 2. The molecule has 2 aliphatic carbocycles. The van der Waals surface area contributed by atoms with Gasteiger partial charge in [-0.1, -0.05) is 24.6 Å². The minimum atomic E-state index is 0. The Bertz CT molecular complexity index is 545. The van der Waals surface area contributed by atoms with Crippen molar-refractivity contribution >= 4 is 12.4 Å². The van der Waals surface area contributed by atoms with E-state index < -0.39 is 0 Å². The molecule has 1 aliphatic heterocycles. The van der Waals surface area contributed by atoms with Crippen LogP contribution in [0.5, 0.6) is 5.75 Å². The second-order valence-electron chi connectivity index (χ2n) is 7.85. The normalized spacial score (nSPS) is 29.5. The van der Waals surface area contributed by atoms with Crippen molar-refractivity contribution in [3.8, 4) is 5.75 Å². The lowest BCUT2D eigenvalue weighted by Gasteiger charge is -2.33. The molecule has 3 unspecified atom stereocenters. The van der Waals surface area contributed by atoms with Crippen LogP contribution >= 0.6 is 12.4 Å². The molecule has 1 saturated heterocycles. The van der Waals surface area contributed by atoms with Crippen molar-refractivity contribution in [2.75, 3.05) is 19.8 Å². The third-order valence-electron chi connectivity index (χ3n) is 6.16. The molecule has 0 aromatic heterocycles. The smallest absolute Gasteiger partial charge is 0.124 e. The Kier molecular flexibility index (Phi) is 7.62. The first-order valence-corrected chi connectivity index (χ1v) is 10.2. The Morgan fingerprint density at radius 3 is 2.73 bits per heavy atom. The maximum Gasteiger partial charge on any atom is 0.124 e. The average Bonchev–Trinajstić information content (AvgIpc) is 3.33. The summed E-state index contributed by atoms with van der Waals surface area (Å²) < 4.78 is 12.0. The van der Waals surface area contributed by atoms with Crippen LogP contribution in [0.1, 0.15) is 50.5 Å². The molecule has 1 heterocycles. The van der Waals surface area contributed by atoms with Crippen molar-refractivity contribution in [1.82, 2.24) is 10.6 Å². The topological polar surface area (TPSA) is 42.5 Å². The van der Waals surface area contributed by atoms with Crippen LogP contribution in [-0.4, -0.2) is 37.9 Å². The van der Waals surface area contributed by atoms with E-state index in [0.717, 1.165) is 32.1 Å². The molecule has 4 rings (SSSR count). The molecule has 146 valence electrons. The van der Waals surface area contributed by atoms with Crippen LogP contribution in [-0.2, 0) is 11.3 Å². The fraction of sp³-hybridized carbons (Fsp3) is 0.714. The molecular formula is C21H33ClN2O2. The Balaban J connectivity index is 0.00000196. The number of morpholine rings is 1. The summed E-state index contributed by atoms with van der Waals surface area (Å²) in [5.74, 6) is 1.76. The molecular weight excluding hydrogens is 348 g/mol. The highest BCUT2D eigenvalue weighted by Crippen LogP contribution is 2.31. The molecule has 26 heavy (non-hydrogen) atoms. The van der Waals surface area contributed by atoms with Crippen molar-refractivity contribution in [1.29, 1.82) is 0 Å². The highest BCUT2D eigenvalue weighted by molar-refractivity contribution is 5.85. The standard InChI is InChI=1S/C21H32N2O2.ClH/c1-4-11-21(25-17-7-2-3-8-17)16(6-1)14-23-19-10-5-9-18(19)20-15-24-13-12-22-20;/h1,4,6,11,17-20,22-23H,2-3,5,7-10,12-15H2;1H. The first-order chi connectivity index (χ1) is 12.4. The van der Waals surface area contributed by atoms with Gasteiger partial charge in [0.1, 0.15) is 5.75 Å². The number of benzene rings is 1. The fourth-order valence-electron chi connectivity index (χ4n) is 4.78. The molecule has 0 amide bonds. The van der Waals surface area contributed by atoms with Gasteiger partial charge in [0.25, 0.3) is 0 Å². The van der Waals surface area contributed by atoms with Crippen molar-refractivity contribution < 1.29 is 9.47 Å². The van der Waals surface area contributed by atoms with Gasteiger partial charge >= 0.3 is 0 Å². The van der Waals surface area contributed by atoms with Crippen LogP contribution in [0.15, 0.2) is 24.3 Å². The molecule has 0 spiro atoms. The van der Waals surface area contributed by atoms with Crippen molar-refractivity contribution in [2.24, 2.45) is 5.92 Å². The first-order valence-electron chi connectivity index (χ1n) is 10.2. The van der Waals surface area contributed by atoms with Crippen LogP contribution in [0.4, 0.5) is 0 Å². The van der Waals surface area contributed by atoms with Gasteiger partial charge in [0.2, 0.25) is 0 Å². The first kappa shape index (κ1) is 19.9. The lowest BCUT2D eigenvalue weighted by atomic mass is 9.94. The van der Waals surface area contributed by atoms with Crippen LogP contribution < -0.4 is 15.4 Å². The monoisotopic (exact) mass is 380 g/mol. The van der Waals surface area contributed by atoms with Gasteiger partial charge in [0.05, 0.1) is 19.3 Å². The number of hydrogen-bond donors (Lipinski definition) is 2. The summed E-state index contributed by atoms with van der Waals surface area (Å²) in [5, 5.41) is 7.49. The minimum Gasteiger partial charge on any atom is -0.490 e. The second kappa shape index (κ2) is 9.93. The van der Waals surface area contributed by atoms with Crippen LogP contribution in [0.3, 0.4) is 0 Å². The van der Waals surface area contributed by atoms with E-state index in [0.29, 0.717) is 24.1 Å². The zero-order chi connectivity index (χ0) is 16.9. The van der Waals surface area contributed by atoms with Gasteiger partial charge in [0, 0.05) is 30.7 Å². The van der Waals surface area contributed by atoms with Crippen LogP contribution in [0.25, 0.3) is 0 Å². The zero-order valence-electron chi connectivity index (χ0n) is 15.6. The summed E-state index contributed by atoms with van der Waals surface area (Å²) in [7, 11) is 0. The predicted octanol–water partition coefficient (Wildman–Crippen LogP) is 3.68. The van der Waals surface area contributed by atoms with E-state index in [9.17, 15) is 0 Å². The molecule has 4 nitrogen and oxygen atoms in total. The number of para-hydroxylation sites is 1. The van der Waals surface area contributed by atoms with Crippen LogP contribution in [0, 0.1) is 5.92 Å². The van der Waals surface area contributed by atoms with Gasteiger partial charge in [-0.05, 0) is 50.5 Å². The summed E-state index contributed by atoms with van der Waals surface area (Å²) in [6, 6.07) is 9.66. The Labute approximate surface area is 163 Å². The quantitative estimate of drug-likeness (QED) is 0.790. The molecule has 2 N–H and O–H groups in total. The lowest BCUT2D eigenvalue weighted by Crippen LogP contribution is -2.50. The minimum absolute atomic E-state index is 0. The van der Waals surface area contributed by atoms with E-state index in [1.54, 1.807) is 0 Å². The highest BCUT2D eigenvalue weighted by atomic mass is 35.5. The van der Waals surface area contributed by atoms with Gasteiger partial charge in [-0.2, -0.15) is 0 Å². The molecule has 1 aromatic rings. The summed E-state index contributed by atoms with van der Waals surface area (Å²) in [6.45, 7) is 3.61. The summed E-state index contributed by atoms with van der Waals surface area (Å²) in [6.07, 6.45) is 9.36. The Hall–Kier alpha value is -0.810. The van der Waals surface area contributed by atoms with Gasteiger partial charge < -0.3 is 20.1 Å². The molecule has 0 bridgehead atoms. The van der Waals surface area contributed by atoms with Crippen LogP contribution in [0.2, 0.25) is 0 Å². The number of hydrogen-bond acceptors (Lipinski definition) is 4. The average molecular weight is 381 g/mol. The van der Waals surface area contributed by atoms with E-state index in [-0.39, 0.29) is 12.4 Å². The fourth-order valence-corrected chi connectivity index (χ4v) is 4.78. The number of rotatable bonds is 6. The highest BCUT2D eigenvalue weighted by Gasteiger charge is 2.34. The SMILES string of the molecule is Cl.c1ccc(OC2CCCC2)c(CNC2CCCC2C2COCCN2)c1. The third-order valence-corrected chi connectivity index (χ3v) is 6.16. The van der Waals surface area contributed by atoms with Crippen molar-refractivity contribution in [3.05, 3.63) is 29.8 Å². The molecule has 2 saturated carbocycles. The summed E-state index contributed by atoms with van der Waals surface area (Å²) in [4.78, 5) is 0. The molecule has 3 aliphatic rings. The van der Waals surface area contributed by atoms with Gasteiger partial charge in [-0.25, -0.2) is 0 Å². The van der Waals surface area contributed by atoms with Crippen molar-refractivity contribution in [3.63, 3.8) is 0 Å². The number of ether oxygens (including phenoxy) is 2. The molecule has 0 radical (unpaired) electrons. The maximum atomic E-state index is 6.29. The van der Waals surface area contributed by atoms with E-state index in [1.807, 2.05) is 0 Å². The van der Waals surface area contributed by atoms with E-state index in [4.69, 9.17) is 9.47 Å². The Morgan fingerprint density at radius 2 is 1.92 bits per heavy atom. The van der Waals surface area contributed by atoms with Gasteiger partial charge in [-0.15, -0.1) is 12.4 Å². The van der Waals surface area contributed by atoms with E-state index >= 15 is 0 Å². The lowest BCUT2D eigenvalue weighted by molar-refractivity contribution is 0.0524. The Morgan fingerprint density at radius 1 is 1.08 bits per heavy atom. The second-order valence-corrected chi connectivity index (χ2v) is 7.85. The zero-order valence-corrected chi connectivity index (χ0v) is 16.4. The van der Waals surface area contributed by atoms with Gasteiger partial charge in [-0.3, -0.25) is 0 Å². The molecule has 5 heteroatoms. The van der Waals surface area contributed by atoms with Gasteiger partial charge in [0.15, 0.2) is 0 Å². The summed E-state index contributed by atoms with van der Waals surface area (Å²) >= 11 is 0. The maximum absolute atomic E-state index is 6.29. The van der Waals surface area contributed by atoms with E-state index in [2.05, 4.69) is 34.9 Å². The summed E-state index contributed by atoms with van der Waals surface area (Å²) in [5.41, 5.74) is 1.30. The molecule has 3 fully saturated rings. The molecule has 1 aromatic carbocycles. The molecule has 3 atom stereocenters. The van der Waals surface area contributed by atoms with E-state index in [1.165, 1.54) is 50.5 Å².